The Morgan fingerprint density at radius 1 is 1.22 bits per heavy atom. The standard InChI is InChI=1S/C21H42N4OS/c1-6-22-20(24-18-11-8-12-19(14-18)27(26)7-2)23-16-21(25(4)5)13-9-10-17(3)15-21/h17-19H,6-16H2,1-5H3,(H2,22,23,24). The molecule has 5 unspecified atom stereocenters. The predicted molar refractivity (Wildman–Crippen MR) is 118 cm³/mol. The summed E-state index contributed by atoms with van der Waals surface area (Å²) >= 11 is 0. The van der Waals surface area contributed by atoms with Crippen molar-refractivity contribution in [3.8, 4) is 0 Å². The van der Waals surface area contributed by atoms with Gasteiger partial charge in [0.05, 0.1) is 6.54 Å². The molecular formula is C21H42N4OS. The van der Waals surface area contributed by atoms with Crippen molar-refractivity contribution in [1.29, 1.82) is 0 Å². The predicted octanol–water partition coefficient (Wildman–Crippen LogP) is 3.13. The Bertz CT molecular complexity index is 510. The topological polar surface area (TPSA) is 56.7 Å². The van der Waals surface area contributed by atoms with Crippen molar-refractivity contribution < 1.29 is 4.21 Å². The van der Waals surface area contributed by atoms with Crippen LogP contribution in [0.1, 0.15) is 72.1 Å². The highest BCUT2D eigenvalue weighted by atomic mass is 32.2. The molecule has 5 atom stereocenters. The fourth-order valence-corrected chi connectivity index (χ4v) is 6.16. The second kappa shape index (κ2) is 10.8. The van der Waals surface area contributed by atoms with Crippen LogP contribution in [0.4, 0.5) is 0 Å². The van der Waals surface area contributed by atoms with E-state index < -0.39 is 10.8 Å². The number of hydrogen-bond donors (Lipinski definition) is 2. The van der Waals surface area contributed by atoms with Crippen LogP contribution in [0.25, 0.3) is 0 Å². The normalized spacial score (nSPS) is 33.7. The number of nitrogens with zero attached hydrogens (tertiary/aromatic N) is 2. The minimum atomic E-state index is -0.684. The van der Waals surface area contributed by atoms with Crippen LogP contribution in [0, 0.1) is 5.92 Å². The Kier molecular flexibility index (Phi) is 9.06. The first-order chi connectivity index (χ1) is 12.9. The van der Waals surface area contributed by atoms with Crippen molar-refractivity contribution in [3.63, 3.8) is 0 Å². The van der Waals surface area contributed by atoms with E-state index in [4.69, 9.17) is 4.99 Å². The fourth-order valence-electron chi connectivity index (χ4n) is 4.81. The highest BCUT2D eigenvalue weighted by molar-refractivity contribution is 7.85. The van der Waals surface area contributed by atoms with Gasteiger partial charge in [0, 0.05) is 39.9 Å². The molecular weight excluding hydrogens is 356 g/mol. The van der Waals surface area contributed by atoms with E-state index in [-0.39, 0.29) is 5.54 Å². The molecule has 6 heteroatoms. The summed E-state index contributed by atoms with van der Waals surface area (Å²) in [6.07, 6.45) is 9.51. The third-order valence-corrected chi connectivity index (χ3v) is 8.26. The maximum absolute atomic E-state index is 12.2. The van der Waals surface area contributed by atoms with Gasteiger partial charge in [-0.3, -0.25) is 9.20 Å². The smallest absolute Gasteiger partial charge is 0.191 e. The van der Waals surface area contributed by atoms with E-state index in [1.54, 1.807) is 0 Å². The largest absolute Gasteiger partial charge is 0.357 e. The molecule has 0 radical (unpaired) electrons. The van der Waals surface area contributed by atoms with E-state index in [0.29, 0.717) is 11.3 Å². The van der Waals surface area contributed by atoms with Crippen LogP contribution < -0.4 is 10.6 Å². The Morgan fingerprint density at radius 3 is 2.63 bits per heavy atom. The van der Waals surface area contributed by atoms with E-state index in [2.05, 4.69) is 43.5 Å². The van der Waals surface area contributed by atoms with Gasteiger partial charge in [0.1, 0.15) is 0 Å². The van der Waals surface area contributed by atoms with Gasteiger partial charge in [-0.2, -0.15) is 0 Å². The zero-order valence-corrected chi connectivity index (χ0v) is 19.0. The molecule has 2 N–H and O–H groups in total. The van der Waals surface area contributed by atoms with Gasteiger partial charge in [-0.1, -0.05) is 33.1 Å². The lowest BCUT2D eigenvalue weighted by molar-refractivity contribution is 0.0844. The van der Waals surface area contributed by atoms with E-state index in [1.165, 1.54) is 25.7 Å². The van der Waals surface area contributed by atoms with Gasteiger partial charge in [-0.15, -0.1) is 0 Å². The number of rotatable bonds is 7. The SMILES string of the molecule is CCNC(=NCC1(N(C)C)CCCC(C)C1)NC1CCCC(S(=O)CC)C1. The summed E-state index contributed by atoms with van der Waals surface area (Å²) in [5.41, 5.74) is 0.179. The number of likely N-dealkylation sites (N-methyl/N-ethyl adjacent to an activating group) is 1. The zero-order valence-electron chi connectivity index (χ0n) is 18.2. The quantitative estimate of drug-likeness (QED) is 0.511. The molecule has 0 aliphatic heterocycles. The van der Waals surface area contributed by atoms with Crippen molar-refractivity contribution in [2.24, 2.45) is 10.9 Å². The Morgan fingerprint density at radius 2 is 2.00 bits per heavy atom. The van der Waals surface area contributed by atoms with Crippen LogP contribution >= 0.6 is 0 Å². The monoisotopic (exact) mass is 398 g/mol. The summed E-state index contributed by atoms with van der Waals surface area (Å²) in [6.45, 7) is 8.24. The first kappa shape index (κ1) is 22.7. The number of nitrogens with one attached hydrogen (secondary N) is 2. The molecule has 2 aliphatic rings. The molecule has 2 aliphatic carbocycles. The molecule has 5 nitrogen and oxygen atoms in total. The van der Waals surface area contributed by atoms with Crippen molar-refractivity contribution in [2.45, 2.75) is 89.0 Å². The van der Waals surface area contributed by atoms with Crippen LogP contribution in [0.2, 0.25) is 0 Å². The second-order valence-electron chi connectivity index (χ2n) is 8.81. The van der Waals surface area contributed by atoms with E-state index in [9.17, 15) is 4.21 Å². The summed E-state index contributed by atoms with van der Waals surface area (Å²) in [7, 11) is 3.73. The second-order valence-corrected chi connectivity index (χ2v) is 10.8. The molecule has 0 aromatic rings. The average molecular weight is 399 g/mol. The van der Waals surface area contributed by atoms with Crippen molar-refractivity contribution in [2.75, 3.05) is 32.9 Å². The van der Waals surface area contributed by atoms with E-state index in [0.717, 1.165) is 56.4 Å². The third-order valence-electron chi connectivity index (χ3n) is 6.52. The molecule has 27 heavy (non-hydrogen) atoms. The third kappa shape index (κ3) is 6.45. The van der Waals surface area contributed by atoms with Gasteiger partial charge in [0.2, 0.25) is 0 Å². The van der Waals surface area contributed by atoms with Crippen molar-refractivity contribution in [3.05, 3.63) is 0 Å². The minimum Gasteiger partial charge on any atom is -0.357 e. The van der Waals surface area contributed by atoms with Gasteiger partial charge in [-0.05, 0) is 59.0 Å². The summed E-state index contributed by atoms with van der Waals surface area (Å²) < 4.78 is 12.2. The Labute approximate surface area is 169 Å². The molecule has 158 valence electrons. The number of aliphatic imine (C=N–C) groups is 1. The lowest BCUT2D eigenvalue weighted by atomic mass is 9.75. The Hall–Kier alpha value is -0.620. The minimum absolute atomic E-state index is 0.179. The zero-order chi connectivity index (χ0) is 19.9. The molecule has 2 rings (SSSR count). The van der Waals surface area contributed by atoms with Crippen LogP contribution in [0.5, 0.6) is 0 Å². The molecule has 0 spiro atoms. The highest BCUT2D eigenvalue weighted by Gasteiger charge is 2.37. The van der Waals surface area contributed by atoms with Crippen LogP contribution in [-0.2, 0) is 10.8 Å². The van der Waals surface area contributed by atoms with Crippen LogP contribution in [-0.4, -0.2) is 64.8 Å². The molecule has 0 saturated heterocycles. The summed E-state index contributed by atoms with van der Waals surface area (Å²) in [5.74, 6) is 2.48. The van der Waals surface area contributed by atoms with Gasteiger partial charge in [-0.25, -0.2) is 0 Å². The average Bonchev–Trinajstić information content (AvgIpc) is 2.66. The number of hydrogen-bond acceptors (Lipinski definition) is 3. The lowest BCUT2D eigenvalue weighted by Gasteiger charge is -2.44. The molecule has 2 fully saturated rings. The van der Waals surface area contributed by atoms with Gasteiger partial charge < -0.3 is 15.5 Å². The van der Waals surface area contributed by atoms with E-state index >= 15 is 0 Å². The summed E-state index contributed by atoms with van der Waals surface area (Å²) in [4.78, 5) is 7.43. The highest BCUT2D eigenvalue weighted by Crippen LogP contribution is 2.36. The van der Waals surface area contributed by atoms with E-state index in [1.807, 2.05) is 6.92 Å². The number of guanidine groups is 1. The molecule has 0 aromatic heterocycles. The first-order valence-electron chi connectivity index (χ1n) is 11.0. The lowest BCUT2D eigenvalue weighted by Crippen LogP contribution is -2.52. The Balaban J connectivity index is 2.03. The van der Waals surface area contributed by atoms with Crippen molar-refractivity contribution in [1.82, 2.24) is 15.5 Å². The van der Waals surface area contributed by atoms with Gasteiger partial charge in [0.25, 0.3) is 0 Å². The maximum atomic E-state index is 12.2. The molecule has 0 bridgehead atoms. The van der Waals surface area contributed by atoms with Crippen molar-refractivity contribution >= 4 is 16.8 Å². The molecule has 0 heterocycles. The van der Waals surface area contributed by atoms with Gasteiger partial charge in [0.15, 0.2) is 5.96 Å². The molecule has 2 saturated carbocycles. The maximum Gasteiger partial charge on any atom is 0.191 e. The summed E-state index contributed by atoms with van der Waals surface area (Å²) in [6, 6.07) is 0.387. The summed E-state index contributed by atoms with van der Waals surface area (Å²) in [5, 5.41) is 7.44. The molecule has 0 amide bonds. The fraction of sp³-hybridized carbons (Fsp3) is 0.952. The molecule has 0 aromatic carbocycles. The first-order valence-corrected chi connectivity index (χ1v) is 12.4. The van der Waals surface area contributed by atoms with Gasteiger partial charge >= 0.3 is 0 Å². The van der Waals surface area contributed by atoms with Crippen LogP contribution in [0.3, 0.4) is 0 Å². The van der Waals surface area contributed by atoms with Crippen LogP contribution in [0.15, 0.2) is 4.99 Å².